The molecule has 16 heteroatoms. The number of aryl methyl sites for hydroxylation is 1. The Balaban J connectivity index is 0.984. The average molecular weight is 962 g/mol. The number of hydrogen-bond donors (Lipinski definition) is 1. The molecule has 0 spiro atoms. The predicted molar refractivity (Wildman–Crippen MR) is 263 cm³/mol. The molecule has 2 aromatic rings. The highest BCUT2D eigenvalue weighted by Gasteiger charge is 2.52. The van der Waals surface area contributed by atoms with Crippen molar-refractivity contribution in [3.63, 3.8) is 0 Å². The number of morpholine rings is 1. The van der Waals surface area contributed by atoms with Gasteiger partial charge in [-0.1, -0.05) is 58.9 Å². The summed E-state index contributed by atoms with van der Waals surface area (Å²) in [7, 11) is 0. The lowest BCUT2D eigenvalue weighted by molar-refractivity contribution is -0.135. The molecular formula is C53H83N7O9. The second-order valence-electron chi connectivity index (χ2n) is 22.1. The minimum Gasteiger partial charge on any atom is -0.449 e. The van der Waals surface area contributed by atoms with Gasteiger partial charge in [0.25, 0.3) is 5.91 Å². The molecule has 4 aliphatic rings. The molecule has 0 radical (unpaired) electrons. The first-order valence-corrected chi connectivity index (χ1v) is 26.0. The number of nitrogens with one attached hydrogen (secondary N) is 1. The summed E-state index contributed by atoms with van der Waals surface area (Å²) >= 11 is 0. The van der Waals surface area contributed by atoms with Gasteiger partial charge in [-0.2, -0.15) is 0 Å². The van der Waals surface area contributed by atoms with E-state index < -0.39 is 11.6 Å². The van der Waals surface area contributed by atoms with Crippen LogP contribution in [0.5, 0.6) is 0 Å². The van der Waals surface area contributed by atoms with Crippen LogP contribution >= 0.6 is 0 Å². The number of rotatable bonds is 24. The van der Waals surface area contributed by atoms with Crippen LogP contribution in [0.4, 0.5) is 4.79 Å². The van der Waals surface area contributed by atoms with Crippen molar-refractivity contribution in [3.8, 4) is 0 Å². The smallest absolute Gasteiger partial charge is 0.409 e. The minimum atomic E-state index is -1.23. The number of carbonyl (C=O) groups is 5. The number of ketones is 2. The summed E-state index contributed by atoms with van der Waals surface area (Å²) in [6, 6.07) is 7.61. The highest BCUT2D eigenvalue weighted by molar-refractivity contribution is 5.99. The van der Waals surface area contributed by atoms with E-state index in [9.17, 15) is 24.0 Å². The second kappa shape index (κ2) is 25.2. The van der Waals surface area contributed by atoms with Crippen molar-refractivity contribution < 1.29 is 42.9 Å². The fourth-order valence-corrected chi connectivity index (χ4v) is 10.3. The molecule has 1 aromatic heterocycles. The highest BCUT2D eigenvalue weighted by Crippen LogP contribution is 2.53. The van der Waals surface area contributed by atoms with Crippen molar-refractivity contribution in [3.05, 3.63) is 46.8 Å². The zero-order valence-electron chi connectivity index (χ0n) is 43.0. The topological polar surface area (TPSA) is 175 Å². The normalized spacial score (nSPS) is 20.5. The van der Waals surface area contributed by atoms with E-state index in [0.29, 0.717) is 115 Å². The zero-order valence-corrected chi connectivity index (χ0v) is 43.0. The molecule has 1 N–H and O–H groups in total. The third kappa shape index (κ3) is 15.9. The summed E-state index contributed by atoms with van der Waals surface area (Å²) in [5.74, 6) is 1.03. The van der Waals surface area contributed by atoms with Crippen LogP contribution in [0.15, 0.2) is 24.3 Å². The molecule has 1 aromatic carbocycles. The summed E-state index contributed by atoms with van der Waals surface area (Å²) in [6.45, 7) is 22.1. The SMILES string of the molecule is CC(=O)CCCN(C(=O)c1ccc(C(C)(C)C)cc1)C1(C(=O)NCCN2CCOCC2)CCN(C(=O)OCC2C3CCc4nnn(CCOCCOCCCC(=O)CCC(C)(C)C)c4CCC32)CC1. The Bertz CT molecular complexity index is 1990. The van der Waals surface area contributed by atoms with E-state index in [1.165, 1.54) is 0 Å². The number of aromatic nitrogens is 3. The summed E-state index contributed by atoms with van der Waals surface area (Å²) in [5, 5.41) is 12.2. The van der Waals surface area contributed by atoms with Crippen molar-refractivity contribution in [1.82, 2.24) is 35.0 Å². The molecule has 384 valence electrons. The number of fused-ring (bicyclic) bond motifs is 2. The lowest BCUT2D eigenvalue weighted by Gasteiger charge is -2.47. The van der Waals surface area contributed by atoms with Crippen molar-refractivity contribution >= 4 is 29.5 Å². The molecule has 1 saturated carbocycles. The standard InChI is InChI=1S/C53H83N7O9/c1-39(61)10-8-25-59(48(63)40-12-14-41(15-13-40)52(5,6)7)53(49(64)54-24-28-57-29-33-67-34-30-57)22-26-58(27-23-53)50(65)69-38-45-43-16-18-46-47(19-17-44(43)45)60(56-55-46)31-35-68-37-36-66-32-9-11-42(62)20-21-51(2,3)4/h12-15,43-45H,8-11,16-38H2,1-7H3,(H,54,64). The van der Waals surface area contributed by atoms with Crippen molar-refractivity contribution in [2.75, 3.05) is 92.1 Å². The Morgan fingerprint density at radius 2 is 1.51 bits per heavy atom. The number of carbonyl (C=O) groups excluding carboxylic acids is 5. The van der Waals surface area contributed by atoms with Crippen LogP contribution in [-0.2, 0) is 58.1 Å². The first kappa shape index (κ1) is 54.1. The number of piperidine rings is 1. The summed E-state index contributed by atoms with van der Waals surface area (Å²) < 4.78 is 25.1. The molecule has 16 nitrogen and oxygen atoms in total. The third-order valence-electron chi connectivity index (χ3n) is 14.7. The molecular weight excluding hydrogens is 879 g/mol. The maximum atomic E-state index is 14.6. The average Bonchev–Trinajstić information content (AvgIpc) is 3.83. The van der Waals surface area contributed by atoms with Crippen molar-refractivity contribution in [1.29, 1.82) is 0 Å². The Kier molecular flexibility index (Phi) is 19.8. The van der Waals surface area contributed by atoms with E-state index in [4.69, 9.17) is 18.9 Å². The van der Waals surface area contributed by atoms with Gasteiger partial charge in [0.1, 0.15) is 17.1 Å². The fraction of sp³-hybridized carbons (Fsp3) is 0.755. The van der Waals surface area contributed by atoms with Crippen LogP contribution < -0.4 is 5.32 Å². The number of hydrogen-bond acceptors (Lipinski definition) is 12. The van der Waals surface area contributed by atoms with Gasteiger partial charge in [-0.05, 0) is 111 Å². The van der Waals surface area contributed by atoms with E-state index in [2.05, 4.69) is 62.1 Å². The number of likely N-dealkylation sites (tertiary alicyclic amines) is 1. The van der Waals surface area contributed by atoms with E-state index >= 15 is 0 Å². The minimum absolute atomic E-state index is 0.0250. The molecule has 3 heterocycles. The number of Topliss-reactive ketones (excluding diaryl/α,β-unsaturated/α-hetero) is 2. The number of ether oxygens (including phenoxy) is 4. The molecule has 6 rings (SSSR count). The summed E-state index contributed by atoms with van der Waals surface area (Å²) in [5.41, 5.74) is 2.62. The van der Waals surface area contributed by atoms with Gasteiger partial charge < -0.3 is 38.9 Å². The Morgan fingerprint density at radius 3 is 2.17 bits per heavy atom. The first-order chi connectivity index (χ1) is 32.9. The van der Waals surface area contributed by atoms with E-state index in [0.717, 1.165) is 68.6 Å². The van der Waals surface area contributed by atoms with Crippen LogP contribution in [0.2, 0.25) is 0 Å². The molecule has 3 atom stereocenters. The van der Waals surface area contributed by atoms with Gasteiger partial charge in [0.2, 0.25) is 5.91 Å². The Labute approximate surface area is 411 Å². The van der Waals surface area contributed by atoms with Crippen LogP contribution in [0.3, 0.4) is 0 Å². The van der Waals surface area contributed by atoms with Crippen LogP contribution in [-0.4, -0.2) is 157 Å². The van der Waals surface area contributed by atoms with Crippen LogP contribution in [0, 0.1) is 23.2 Å². The number of nitrogens with zero attached hydrogens (tertiary/aromatic N) is 6. The lowest BCUT2D eigenvalue weighted by Crippen LogP contribution is -2.65. The highest BCUT2D eigenvalue weighted by atomic mass is 16.6. The molecule has 2 aliphatic carbocycles. The van der Waals surface area contributed by atoms with Gasteiger partial charge in [0, 0.05) is 77.2 Å². The summed E-state index contributed by atoms with van der Waals surface area (Å²) in [4.78, 5) is 72.9. The quantitative estimate of drug-likeness (QED) is 0.114. The fourth-order valence-electron chi connectivity index (χ4n) is 10.3. The molecule has 0 bridgehead atoms. The Morgan fingerprint density at radius 1 is 0.826 bits per heavy atom. The maximum Gasteiger partial charge on any atom is 0.409 e. The molecule has 2 saturated heterocycles. The first-order valence-electron chi connectivity index (χ1n) is 26.0. The van der Waals surface area contributed by atoms with E-state index in [1.807, 2.05) is 28.9 Å². The van der Waals surface area contributed by atoms with Gasteiger partial charge in [-0.15, -0.1) is 5.10 Å². The van der Waals surface area contributed by atoms with Crippen molar-refractivity contribution in [2.45, 2.75) is 143 Å². The monoisotopic (exact) mass is 962 g/mol. The number of benzene rings is 1. The molecule has 2 aliphatic heterocycles. The number of amides is 3. The molecule has 3 unspecified atom stereocenters. The van der Waals surface area contributed by atoms with Crippen LogP contribution in [0.25, 0.3) is 0 Å². The van der Waals surface area contributed by atoms with Crippen molar-refractivity contribution in [2.24, 2.45) is 23.2 Å². The third-order valence-corrected chi connectivity index (χ3v) is 14.7. The second-order valence-corrected chi connectivity index (χ2v) is 22.1. The zero-order chi connectivity index (χ0) is 49.6. The van der Waals surface area contributed by atoms with Gasteiger partial charge in [0.05, 0.1) is 57.6 Å². The maximum absolute atomic E-state index is 14.6. The molecule has 69 heavy (non-hydrogen) atoms. The molecule has 3 fully saturated rings. The largest absolute Gasteiger partial charge is 0.449 e. The Hall–Kier alpha value is -4.25. The van der Waals surface area contributed by atoms with Gasteiger partial charge >= 0.3 is 6.09 Å². The summed E-state index contributed by atoms with van der Waals surface area (Å²) in [6.07, 6.45) is 7.28. The van der Waals surface area contributed by atoms with Gasteiger partial charge in [0.15, 0.2) is 0 Å². The predicted octanol–water partition coefficient (Wildman–Crippen LogP) is 6.46. The van der Waals surface area contributed by atoms with E-state index in [1.54, 1.807) is 16.7 Å². The molecule has 3 amide bonds. The van der Waals surface area contributed by atoms with Gasteiger partial charge in [-0.3, -0.25) is 19.3 Å². The van der Waals surface area contributed by atoms with E-state index in [-0.39, 0.29) is 66.8 Å². The van der Waals surface area contributed by atoms with Crippen LogP contribution in [0.1, 0.15) is 140 Å². The lowest BCUT2D eigenvalue weighted by atomic mass is 9.83. The van der Waals surface area contributed by atoms with Gasteiger partial charge in [-0.25, -0.2) is 9.48 Å².